The molecule has 0 saturated heterocycles. The minimum absolute atomic E-state index is 0.0310. The molecule has 154 valence electrons. The highest BCUT2D eigenvalue weighted by atomic mass is 35.5. The Labute approximate surface area is 170 Å². The number of benzene rings is 1. The number of nitrogens with zero attached hydrogens (tertiary/aromatic N) is 4. The van der Waals surface area contributed by atoms with Crippen LogP contribution in [-0.2, 0) is 17.5 Å². The average Bonchev–Trinajstić information content (AvgIpc) is 3.13. The summed E-state index contributed by atoms with van der Waals surface area (Å²) in [4.78, 5) is 12.4. The summed E-state index contributed by atoms with van der Waals surface area (Å²) in [6, 6.07) is 6.43. The predicted molar refractivity (Wildman–Crippen MR) is 103 cm³/mol. The largest absolute Gasteiger partial charge is 0.416 e. The van der Waals surface area contributed by atoms with E-state index in [0.29, 0.717) is 12.2 Å². The molecule has 0 saturated carbocycles. The van der Waals surface area contributed by atoms with Gasteiger partial charge in [-0.05, 0) is 45.0 Å². The third-order valence-corrected chi connectivity index (χ3v) is 4.57. The second-order valence-electron chi connectivity index (χ2n) is 6.70. The van der Waals surface area contributed by atoms with Crippen molar-refractivity contribution in [3.63, 3.8) is 0 Å². The van der Waals surface area contributed by atoms with E-state index < -0.39 is 11.7 Å². The number of halogens is 4. The average molecular weight is 426 g/mol. The van der Waals surface area contributed by atoms with Crippen LogP contribution in [0.25, 0.3) is 5.69 Å². The Bertz CT molecular complexity index is 1050. The Kier molecular flexibility index (Phi) is 5.70. The SMILES string of the molecule is Cc1cc(C)n(CCC(=O)Nc2cc(C)nn2-c2cc(C(F)(F)F)ccc2Cl)n1. The zero-order valence-corrected chi connectivity index (χ0v) is 16.8. The molecule has 1 aromatic carbocycles. The van der Waals surface area contributed by atoms with E-state index in [9.17, 15) is 18.0 Å². The second kappa shape index (κ2) is 7.90. The van der Waals surface area contributed by atoms with E-state index in [4.69, 9.17) is 11.6 Å². The number of hydrogen-bond acceptors (Lipinski definition) is 3. The molecule has 0 aliphatic rings. The Balaban J connectivity index is 1.82. The van der Waals surface area contributed by atoms with Crippen molar-refractivity contribution in [1.29, 1.82) is 0 Å². The molecule has 2 heterocycles. The fourth-order valence-corrected chi connectivity index (χ4v) is 3.14. The number of nitrogens with one attached hydrogen (secondary N) is 1. The molecule has 0 unspecified atom stereocenters. The van der Waals surface area contributed by atoms with Gasteiger partial charge in [-0.3, -0.25) is 9.48 Å². The maximum atomic E-state index is 13.1. The van der Waals surface area contributed by atoms with Crippen molar-refractivity contribution in [2.45, 2.75) is 39.9 Å². The molecule has 6 nitrogen and oxygen atoms in total. The number of carbonyl (C=O) groups excluding carboxylic acids is 1. The minimum Gasteiger partial charge on any atom is -0.311 e. The lowest BCUT2D eigenvalue weighted by Gasteiger charge is -2.13. The summed E-state index contributed by atoms with van der Waals surface area (Å²) in [6.07, 6.45) is -4.38. The van der Waals surface area contributed by atoms with Gasteiger partial charge in [0.25, 0.3) is 0 Å². The van der Waals surface area contributed by atoms with Gasteiger partial charge in [0.1, 0.15) is 5.82 Å². The van der Waals surface area contributed by atoms with E-state index in [1.807, 2.05) is 19.9 Å². The predicted octanol–water partition coefficient (Wildman–Crippen LogP) is 4.70. The molecule has 2 aromatic heterocycles. The number of aromatic nitrogens is 4. The lowest BCUT2D eigenvalue weighted by atomic mass is 10.2. The molecule has 3 aromatic rings. The van der Waals surface area contributed by atoms with Crippen LogP contribution in [0.4, 0.5) is 19.0 Å². The van der Waals surface area contributed by atoms with Crippen molar-refractivity contribution in [3.05, 3.63) is 58.0 Å². The molecule has 0 atom stereocenters. The molecular formula is C19H19ClF3N5O. The van der Waals surface area contributed by atoms with Gasteiger partial charge < -0.3 is 5.32 Å². The number of aryl methyl sites for hydroxylation is 4. The van der Waals surface area contributed by atoms with Crippen molar-refractivity contribution < 1.29 is 18.0 Å². The standard InChI is InChI=1S/C19H19ClF3N5O/c1-11-8-13(3)27(25-11)7-6-18(29)24-17-9-12(2)26-28(17)16-10-14(19(21,22)23)4-5-15(16)20/h4-5,8-10H,6-7H2,1-3H3,(H,24,29). The minimum atomic E-state index is -4.52. The Morgan fingerprint density at radius 3 is 2.41 bits per heavy atom. The fourth-order valence-electron chi connectivity index (χ4n) is 2.94. The number of anilines is 1. The monoisotopic (exact) mass is 425 g/mol. The summed E-state index contributed by atoms with van der Waals surface area (Å²) in [5, 5.41) is 11.3. The summed E-state index contributed by atoms with van der Waals surface area (Å²) >= 11 is 6.11. The third-order valence-electron chi connectivity index (χ3n) is 4.25. The van der Waals surface area contributed by atoms with Crippen molar-refractivity contribution in [2.75, 3.05) is 5.32 Å². The molecule has 0 aliphatic carbocycles. The maximum absolute atomic E-state index is 13.1. The topological polar surface area (TPSA) is 64.7 Å². The first-order valence-electron chi connectivity index (χ1n) is 8.79. The second-order valence-corrected chi connectivity index (χ2v) is 7.10. The van der Waals surface area contributed by atoms with E-state index >= 15 is 0 Å². The van der Waals surface area contributed by atoms with Crippen LogP contribution in [0.3, 0.4) is 0 Å². The summed E-state index contributed by atoms with van der Waals surface area (Å²) in [7, 11) is 0. The zero-order chi connectivity index (χ0) is 21.3. The van der Waals surface area contributed by atoms with E-state index in [1.165, 1.54) is 4.68 Å². The molecular weight excluding hydrogens is 407 g/mol. The molecule has 0 bridgehead atoms. The van der Waals surface area contributed by atoms with Crippen molar-refractivity contribution in [3.8, 4) is 5.69 Å². The van der Waals surface area contributed by atoms with Gasteiger partial charge in [-0.25, -0.2) is 4.68 Å². The van der Waals surface area contributed by atoms with Crippen LogP contribution >= 0.6 is 11.6 Å². The van der Waals surface area contributed by atoms with Gasteiger partial charge in [0.2, 0.25) is 5.91 Å². The van der Waals surface area contributed by atoms with Crippen LogP contribution in [0, 0.1) is 20.8 Å². The van der Waals surface area contributed by atoms with Gasteiger partial charge in [0, 0.05) is 24.7 Å². The summed E-state index contributed by atoms with van der Waals surface area (Å²) < 4.78 is 42.2. The van der Waals surface area contributed by atoms with Crippen molar-refractivity contribution in [1.82, 2.24) is 19.6 Å². The lowest BCUT2D eigenvalue weighted by molar-refractivity contribution is -0.137. The molecule has 0 fully saturated rings. The highest BCUT2D eigenvalue weighted by Gasteiger charge is 2.31. The zero-order valence-electron chi connectivity index (χ0n) is 16.0. The van der Waals surface area contributed by atoms with Crippen LogP contribution in [-0.4, -0.2) is 25.5 Å². The van der Waals surface area contributed by atoms with Gasteiger partial charge in [-0.2, -0.15) is 23.4 Å². The lowest BCUT2D eigenvalue weighted by Crippen LogP contribution is -2.18. The van der Waals surface area contributed by atoms with Crippen molar-refractivity contribution in [2.24, 2.45) is 0 Å². The van der Waals surface area contributed by atoms with Gasteiger partial charge in [-0.15, -0.1) is 0 Å². The van der Waals surface area contributed by atoms with Crippen LogP contribution in [0.5, 0.6) is 0 Å². The number of amides is 1. The molecule has 1 N–H and O–H groups in total. The normalized spacial score (nSPS) is 11.7. The van der Waals surface area contributed by atoms with Crippen LogP contribution in [0.1, 0.15) is 29.1 Å². The van der Waals surface area contributed by atoms with Crippen molar-refractivity contribution >= 4 is 23.3 Å². The third kappa shape index (κ3) is 4.79. The molecule has 3 rings (SSSR count). The molecule has 29 heavy (non-hydrogen) atoms. The van der Waals surface area contributed by atoms with E-state index in [0.717, 1.165) is 29.6 Å². The quantitative estimate of drug-likeness (QED) is 0.644. The van der Waals surface area contributed by atoms with Gasteiger partial charge in [0.05, 0.1) is 27.7 Å². The van der Waals surface area contributed by atoms with Gasteiger partial charge in [0.15, 0.2) is 0 Å². The van der Waals surface area contributed by atoms with E-state index in [2.05, 4.69) is 15.5 Å². The Morgan fingerprint density at radius 1 is 1.10 bits per heavy atom. The number of alkyl halides is 3. The van der Waals surface area contributed by atoms with Crippen LogP contribution in [0.15, 0.2) is 30.3 Å². The first kappa shape index (κ1) is 20.9. The Hall–Kier alpha value is -2.81. The molecule has 10 heteroatoms. The molecule has 0 spiro atoms. The van der Waals surface area contributed by atoms with Gasteiger partial charge >= 0.3 is 6.18 Å². The highest BCUT2D eigenvalue weighted by molar-refractivity contribution is 6.32. The number of carbonyl (C=O) groups is 1. The number of hydrogen-bond donors (Lipinski definition) is 1. The first-order chi connectivity index (χ1) is 13.5. The van der Waals surface area contributed by atoms with Crippen LogP contribution < -0.4 is 5.32 Å². The molecule has 0 aliphatic heterocycles. The summed E-state index contributed by atoms with van der Waals surface area (Å²) in [5.41, 5.74) is 1.49. The molecule has 0 radical (unpaired) electrons. The molecule has 1 amide bonds. The summed E-state index contributed by atoms with van der Waals surface area (Å²) in [5.74, 6) is -0.0797. The first-order valence-corrected chi connectivity index (χ1v) is 9.17. The number of rotatable bonds is 5. The Morgan fingerprint density at radius 2 is 1.79 bits per heavy atom. The summed E-state index contributed by atoms with van der Waals surface area (Å²) in [6.45, 7) is 5.81. The maximum Gasteiger partial charge on any atom is 0.416 e. The van der Waals surface area contributed by atoms with E-state index in [1.54, 1.807) is 17.7 Å². The van der Waals surface area contributed by atoms with E-state index in [-0.39, 0.29) is 28.9 Å². The highest BCUT2D eigenvalue weighted by Crippen LogP contribution is 2.34. The smallest absolute Gasteiger partial charge is 0.311 e. The fraction of sp³-hybridized carbons (Fsp3) is 0.316. The van der Waals surface area contributed by atoms with Gasteiger partial charge in [-0.1, -0.05) is 11.6 Å². The van der Waals surface area contributed by atoms with Crippen LogP contribution in [0.2, 0.25) is 5.02 Å².